The first-order chi connectivity index (χ1) is 9.72. The molecule has 1 aromatic rings. The van der Waals surface area contributed by atoms with Crippen molar-refractivity contribution in [2.45, 2.75) is 40.3 Å². The SMILES string of the molecule is CC(C)Cn1ncc(NC(CN(C)C)C(C)C)c(Cl)c1=O. The van der Waals surface area contributed by atoms with Crippen molar-refractivity contribution in [1.29, 1.82) is 0 Å². The maximum atomic E-state index is 12.2. The molecule has 1 N–H and O–H groups in total. The lowest BCUT2D eigenvalue weighted by molar-refractivity contribution is 0.344. The van der Waals surface area contributed by atoms with Crippen LogP contribution in [-0.4, -0.2) is 41.4 Å². The fourth-order valence-corrected chi connectivity index (χ4v) is 2.26. The maximum Gasteiger partial charge on any atom is 0.287 e. The zero-order chi connectivity index (χ0) is 16.2. The molecule has 1 rings (SSSR count). The molecule has 0 spiro atoms. The summed E-state index contributed by atoms with van der Waals surface area (Å²) in [5.41, 5.74) is 0.380. The zero-order valence-electron chi connectivity index (χ0n) is 13.9. The molecule has 5 nitrogen and oxygen atoms in total. The summed E-state index contributed by atoms with van der Waals surface area (Å²) < 4.78 is 1.43. The van der Waals surface area contributed by atoms with E-state index in [0.29, 0.717) is 24.1 Å². The summed E-state index contributed by atoms with van der Waals surface area (Å²) in [7, 11) is 4.05. The lowest BCUT2D eigenvalue weighted by Crippen LogP contribution is -2.37. The van der Waals surface area contributed by atoms with E-state index in [1.54, 1.807) is 6.20 Å². The van der Waals surface area contributed by atoms with Crippen molar-refractivity contribution in [1.82, 2.24) is 14.7 Å². The van der Waals surface area contributed by atoms with Crippen molar-refractivity contribution < 1.29 is 0 Å². The van der Waals surface area contributed by atoms with Crippen molar-refractivity contribution in [2.75, 3.05) is 26.0 Å². The molecule has 1 aromatic heterocycles. The second-order valence-electron chi connectivity index (χ2n) is 6.51. The first kappa shape index (κ1) is 18.0. The molecular weight excluding hydrogens is 288 g/mol. The summed E-state index contributed by atoms with van der Waals surface area (Å²) in [5.74, 6) is 0.767. The third-order valence-corrected chi connectivity index (χ3v) is 3.60. The molecule has 0 aromatic carbocycles. The van der Waals surface area contributed by atoms with Gasteiger partial charge in [-0.15, -0.1) is 0 Å². The van der Waals surface area contributed by atoms with Crippen molar-refractivity contribution in [3.8, 4) is 0 Å². The van der Waals surface area contributed by atoms with Gasteiger partial charge in [0.25, 0.3) is 5.56 Å². The molecule has 0 amide bonds. The molecule has 0 radical (unpaired) electrons. The number of likely N-dealkylation sites (N-methyl/N-ethyl adjacent to an activating group) is 1. The summed E-state index contributed by atoms with van der Waals surface area (Å²) in [4.78, 5) is 14.3. The van der Waals surface area contributed by atoms with E-state index in [2.05, 4.69) is 29.2 Å². The molecule has 0 aliphatic rings. The van der Waals surface area contributed by atoms with Crippen molar-refractivity contribution in [3.63, 3.8) is 0 Å². The molecular formula is C15H27ClN4O. The number of nitrogens with zero attached hydrogens (tertiary/aromatic N) is 3. The second-order valence-corrected chi connectivity index (χ2v) is 6.89. The Kier molecular flexibility index (Phi) is 6.68. The first-order valence-corrected chi connectivity index (χ1v) is 7.77. The molecule has 0 bridgehead atoms. The van der Waals surface area contributed by atoms with E-state index in [4.69, 9.17) is 11.6 Å². The second kappa shape index (κ2) is 7.80. The van der Waals surface area contributed by atoms with Crippen LogP contribution in [0.15, 0.2) is 11.0 Å². The van der Waals surface area contributed by atoms with E-state index < -0.39 is 0 Å². The van der Waals surface area contributed by atoms with Gasteiger partial charge in [0.05, 0.1) is 11.9 Å². The van der Waals surface area contributed by atoms with Crippen molar-refractivity contribution in [2.24, 2.45) is 11.8 Å². The number of anilines is 1. The summed E-state index contributed by atoms with van der Waals surface area (Å²) in [6.45, 7) is 9.80. The molecule has 0 saturated heterocycles. The van der Waals surface area contributed by atoms with Crippen LogP contribution in [0.1, 0.15) is 27.7 Å². The van der Waals surface area contributed by atoms with Gasteiger partial charge >= 0.3 is 0 Å². The standard InChI is InChI=1S/C15H27ClN4O/c1-10(2)8-20-15(21)14(16)12(7-17-20)18-13(11(3)4)9-19(5)6/h7,10-11,13,18H,8-9H2,1-6H3. The van der Waals surface area contributed by atoms with Crippen LogP contribution in [0, 0.1) is 11.8 Å². The number of hydrogen-bond donors (Lipinski definition) is 1. The van der Waals surface area contributed by atoms with Gasteiger partial charge in [-0.2, -0.15) is 5.10 Å². The topological polar surface area (TPSA) is 50.2 Å². The van der Waals surface area contributed by atoms with Gasteiger partial charge in [0, 0.05) is 19.1 Å². The normalized spacial score (nSPS) is 13.2. The van der Waals surface area contributed by atoms with Crippen LogP contribution in [0.5, 0.6) is 0 Å². The fourth-order valence-electron chi connectivity index (χ4n) is 2.06. The van der Waals surface area contributed by atoms with Crippen LogP contribution < -0.4 is 10.9 Å². The number of aromatic nitrogens is 2. The van der Waals surface area contributed by atoms with E-state index in [1.807, 2.05) is 27.9 Å². The quantitative estimate of drug-likeness (QED) is 0.840. The maximum absolute atomic E-state index is 12.2. The van der Waals surface area contributed by atoms with Crippen LogP contribution in [0.3, 0.4) is 0 Å². The Morgan fingerprint density at radius 1 is 1.33 bits per heavy atom. The third-order valence-electron chi connectivity index (χ3n) is 3.23. The fraction of sp³-hybridized carbons (Fsp3) is 0.733. The van der Waals surface area contributed by atoms with E-state index in [9.17, 15) is 4.79 Å². The highest BCUT2D eigenvalue weighted by Gasteiger charge is 2.17. The lowest BCUT2D eigenvalue weighted by Gasteiger charge is -2.27. The Hall–Kier alpha value is -1.07. The average molecular weight is 315 g/mol. The van der Waals surface area contributed by atoms with Crippen LogP contribution in [0.25, 0.3) is 0 Å². The smallest absolute Gasteiger partial charge is 0.287 e. The van der Waals surface area contributed by atoms with E-state index in [1.165, 1.54) is 4.68 Å². The number of nitrogens with one attached hydrogen (secondary N) is 1. The van der Waals surface area contributed by atoms with Crippen LogP contribution in [0.4, 0.5) is 5.69 Å². The monoisotopic (exact) mass is 314 g/mol. The highest BCUT2D eigenvalue weighted by molar-refractivity contribution is 6.32. The lowest BCUT2D eigenvalue weighted by atomic mass is 10.0. The molecule has 0 aliphatic carbocycles. The highest BCUT2D eigenvalue weighted by Crippen LogP contribution is 2.19. The molecule has 0 saturated carbocycles. The minimum absolute atomic E-state index is 0.208. The van der Waals surface area contributed by atoms with Gasteiger partial charge in [0.1, 0.15) is 5.02 Å². The molecule has 21 heavy (non-hydrogen) atoms. The molecule has 1 unspecified atom stereocenters. The van der Waals surface area contributed by atoms with Gasteiger partial charge in [-0.25, -0.2) is 4.68 Å². The Morgan fingerprint density at radius 2 is 1.95 bits per heavy atom. The van der Waals surface area contributed by atoms with Gasteiger partial charge in [-0.1, -0.05) is 39.3 Å². The Bertz CT molecular complexity index is 511. The predicted octanol–water partition coefficient (Wildman–Crippen LogP) is 2.55. The minimum atomic E-state index is -0.234. The summed E-state index contributed by atoms with van der Waals surface area (Å²) in [6, 6.07) is 0.208. The van der Waals surface area contributed by atoms with Gasteiger partial charge in [-0.3, -0.25) is 4.79 Å². The summed E-state index contributed by atoms with van der Waals surface area (Å²) in [5, 5.41) is 7.78. The summed E-state index contributed by atoms with van der Waals surface area (Å²) in [6.07, 6.45) is 1.65. The largest absolute Gasteiger partial charge is 0.378 e. The molecule has 120 valence electrons. The Labute approximate surface area is 132 Å². The third kappa shape index (κ3) is 5.32. The van der Waals surface area contributed by atoms with Gasteiger partial charge < -0.3 is 10.2 Å². The molecule has 6 heteroatoms. The van der Waals surface area contributed by atoms with Crippen LogP contribution in [0.2, 0.25) is 5.02 Å². The van der Waals surface area contributed by atoms with Crippen LogP contribution in [-0.2, 0) is 6.54 Å². The molecule has 0 aliphatic heterocycles. The molecule has 0 fully saturated rings. The average Bonchev–Trinajstić information content (AvgIpc) is 2.36. The number of hydrogen-bond acceptors (Lipinski definition) is 4. The van der Waals surface area contributed by atoms with Gasteiger partial charge in [-0.05, 0) is 25.9 Å². The summed E-state index contributed by atoms with van der Waals surface area (Å²) >= 11 is 6.22. The van der Waals surface area contributed by atoms with Crippen LogP contribution >= 0.6 is 11.6 Å². The van der Waals surface area contributed by atoms with E-state index in [-0.39, 0.29) is 16.6 Å². The molecule has 1 atom stereocenters. The van der Waals surface area contributed by atoms with E-state index in [0.717, 1.165) is 6.54 Å². The van der Waals surface area contributed by atoms with Gasteiger partial charge in [0.15, 0.2) is 0 Å². The number of rotatable bonds is 7. The van der Waals surface area contributed by atoms with Gasteiger partial charge in [0.2, 0.25) is 0 Å². The Morgan fingerprint density at radius 3 is 2.43 bits per heavy atom. The molecule has 1 heterocycles. The number of halogens is 1. The first-order valence-electron chi connectivity index (χ1n) is 7.39. The van der Waals surface area contributed by atoms with Crippen molar-refractivity contribution in [3.05, 3.63) is 21.6 Å². The zero-order valence-corrected chi connectivity index (χ0v) is 14.6. The van der Waals surface area contributed by atoms with E-state index >= 15 is 0 Å². The minimum Gasteiger partial charge on any atom is -0.378 e. The Balaban J connectivity index is 2.98. The van der Waals surface area contributed by atoms with Crippen molar-refractivity contribution >= 4 is 17.3 Å². The highest BCUT2D eigenvalue weighted by atomic mass is 35.5. The predicted molar refractivity (Wildman–Crippen MR) is 89.1 cm³/mol.